The molecule has 0 spiro atoms. The molecule has 0 saturated heterocycles. The first kappa shape index (κ1) is 15.9. The number of hydrogen-bond donors (Lipinski definition) is 2. The zero-order valence-corrected chi connectivity index (χ0v) is 13.3. The van der Waals surface area contributed by atoms with E-state index in [0.717, 1.165) is 12.8 Å². The van der Waals surface area contributed by atoms with Crippen LogP contribution < -0.4 is 10.6 Å². The zero-order valence-electron chi connectivity index (χ0n) is 13.3. The highest BCUT2D eigenvalue weighted by molar-refractivity contribution is 6.02. The number of rotatable bonds is 4. The third-order valence-corrected chi connectivity index (χ3v) is 4.10. The molecule has 3 rings (SSSR count). The lowest BCUT2D eigenvalue weighted by Gasteiger charge is -2.22. The minimum atomic E-state index is -0.297. The summed E-state index contributed by atoms with van der Waals surface area (Å²) in [5.41, 5.74) is 1.49. The van der Waals surface area contributed by atoms with E-state index in [9.17, 15) is 4.79 Å². The number of carbonyl (C=O) groups is 1. The van der Waals surface area contributed by atoms with E-state index in [2.05, 4.69) is 20.6 Å². The van der Waals surface area contributed by atoms with E-state index in [1.165, 1.54) is 19.3 Å². The Morgan fingerprint density at radius 3 is 2.58 bits per heavy atom. The molecule has 6 heteroatoms. The van der Waals surface area contributed by atoms with Crippen molar-refractivity contribution in [3.63, 3.8) is 0 Å². The first-order valence-corrected chi connectivity index (χ1v) is 8.16. The summed E-state index contributed by atoms with van der Waals surface area (Å²) in [6.45, 7) is 0. The SMILES string of the molecule is N#Cc1ccc(NC(=O)c2ccnc(NC3CCCCC3)n2)cc1. The molecule has 1 aromatic heterocycles. The van der Waals surface area contributed by atoms with Crippen LogP contribution in [0, 0.1) is 11.3 Å². The van der Waals surface area contributed by atoms with Gasteiger partial charge in [0.1, 0.15) is 5.69 Å². The van der Waals surface area contributed by atoms with E-state index < -0.39 is 0 Å². The van der Waals surface area contributed by atoms with Gasteiger partial charge in [0.2, 0.25) is 5.95 Å². The molecular formula is C18H19N5O. The van der Waals surface area contributed by atoms with E-state index >= 15 is 0 Å². The highest BCUT2D eigenvalue weighted by atomic mass is 16.1. The molecule has 122 valence electrons. The Morgan fingerprint density at radius 1 is 1.12 bits per heavy atom. The maximum absolute atomic E-state index is 12.3. The summed E-state index contributed by atoms with van der Waals surface area (Å²) >= 11 is 0. The van der Waals surface area contributed by atoms with Gasteiger partial charge in [-0.1, -0.05) is 19.3 Å². The molecule has 1 aromatic carbocycles. The second kappa shape index (κ2) is 7.55. The van der Waals surface area contributed by atoms with Crippen LogP contribution in [-0.4, -0.2) is 21.9 Å². The summed E-state index contributed by atoms with van der Waals surface area (Å²) in [5, 5.41) is 14.9. The molecule has 0 bridgehead atoms. The Labute approximate surface area is 140 Å². The largest absolute Gasteiger partial charge is 0.351 e. The number of aromatic nitrogens is 2. The van der Waals surface area contributed by atoms with Crippen molar-refractivity contribution < 1.29 is 4.79 Å². The number of benzene rings is 1. The van der Waals surface area contributed by atoms with Gasteiger partial charge in [-0.15, -0.1) is 0 Å². The number of carbonyl (C=O) groups excluding carboxylic acids is 1. The Bertz CT molecular complexity index is 745. The van der Waals surface area contributed by atoms with Crippen molar-refractivity contribution in [2.45, 2.75) is 38.1 Å². The normalized spacial score (nSPS) is 14.6. The monoisotopic (exact) mass is 321 g/mol. The van der Waals surface area contributed by atoms with Gasteiger partial charge in [0.05, 0.1) is 11.6 Å². The standard InChI is InChI=1S/C18H19N5O/c19-12-13-6-8-15(9-7-13)21-17(24)16-10-11-20-18(23-16)22-14-4-2-1-3-5-14/h6-11,14H,1-5H2,(H,21,24)(H,20,22,23). The molecule has 0 unspecified atom stereocenters. The van der Waals surface area contributed by atoms with Crippen molar-refractivity contribution in [3.05, 3.63) is 47.8 Å². The topological polar surface area (TPSA) is 90.7 Å². The van der Waals surface area contributed by atoms with Crippen LogP contribution in [0.1, 0.15) is 48.2 Å². The van der Waals surface area contributed by atoms with Crippen molar-refractivity contribution in [1.82, 2.24) is 9.97 Å². The van der Waals surface area contributed by atoms with Crippen molar-refractivity contribution in [3.8, 4) is 6.07 Å². The Kier molecular flexibility index (Phi) is 5.02. The Hall–Kier alpha value is -2.94. The van der Waals surface area contributed by atoms with Crippen LogP contribution in [0.3, 0.4) is 0 Å². The lowest BCUT2D eigenvalue weighted by atomic mass is 9.96. The smallest absolute Gasteiger partial charge is 0.274 e. The first-order chi connectivity index (χ1) is 11.7. The number of nitrogens with one attached hydrogen (secondary N) is 2. The van der Waals surface area contributed by atoms with Crippen LogP contribution in [-0.2, 0) is 0 Å². The lowest BCUT2D eigenvalue weighted by Crippen LogP contribution is -2.24. The molecular weight excluding hydrogens is 302 g/mol. The van der Waals surface area contributed by atoms with E-state index in [4.69, 9.17) is 5.26 Å². The van der Waals surface area contributed by atoms with Crippen LogP contribution in [0.5, 0.6) is 0 Å². The molecule has 1 aliphatic carbocycles. The molecule has 0 radical (unpaired) electrons. The van der Waals surface area contributed by atoms with Crippen LogP contribution in [0.4, 0.5) is 11.6 Å². The van der Waals surface area contributed by atoms with Gasteiger partial charge >= 0.3 is 0 Å². The Balaban J connectivity index is 1.65. The van der Waals surface area contributed by atoms with Gasteiger partial charge < -0.3 is 10.6 Å². The number of nitriles is 1. The van der Waals surface area contributed by atoms with Crippen molar-refractivity contribution in [1.29, 1.82) is 5.26 Å². The second-order valence-electron chi connectivity index (χ2n) is 5.89. The van der Waals surface area contributed by atoms with Crippen molar-refractivity contribution in [2.75, 3.05) is 10.6 Å². The summed E-state index contributed by atoms with van der Waals surface area (Å²) in [6, 6.07) is 10.7. The lowest BCUT2D eigenvalue weighted by molar-refractivity contribution is 0.102. The third kappa shape index (κ3) is 4.07. The predicted molar refractivity (Wildman–Crippen MR) is 91.6 cm³/mol. The molecule has 1 saturated carbocycles. The molecule has 2 N–H and O–H groups in total. The highest BCUT2D eigenvalue weighted by Crippen LogP contribution is 2.20. The summed E-state index contributed by atoms with van der Waals surface area (Å²) in [5.74, 6) is 0.197. The molecule has 0 atom stereocenters. The fourth-order valence-corrected chi connectivity index (χ4v) is 2.81. The van der Waals surface area contributed by atoms with Crippen molar-refractivity contribution >= 4 is 17.5 Å². The summed E-state index contributed by atoms with van der Waals surface area (Å²) in [7, 11) is 0. The molecule has 1 heterocycles. The van der Waals surface area contributed by atoms with E-state index in [1.807, 2.05) is 6.07 Å². The maximum atomic E-state index is 12.3. The van der Waals surface area contributed by atoms with Gasteiger partial charge in [-0.05, 0) is 43.2 Å². The van der Waals surface area contributed by atoms with Gasteiger partial charge in [0, 0.05) is 17.9 Å². The fourth-order valence-electron chi connectivity index (χ4n) is 2.81. The van der Waals surface area contributed by atoms with E-state index in [-0.39, 0.29) is 5.91 Å². The number of nitrogens with zero attached hydrogens (tertiary/aromatic N) is 3. The molecule has 1 aliphatic rings. The number of hydrogen-bond acceptors (Lipinski definition) is 5. The summed E-state index contributed by atoms with van der Waals surface area (Å²) < 4.78 is 0. The first-order valence-electron chi connectivity index (χ1n) is 8.16. The molecule has 1 fully saturated rings. The molecule has 24 heavy (non-hydrogen) atoms. The molecule has 6 nitrogen and oxygen atoms in total. The third-order valence-electron chi connectivity index (χ3n) is 4.10. The maximum Gasteiger partial charge on any atom is 0.274 e. The van der Waals surface area contributed by atoms with Crippen LogP contribution in [0.2, 0.25) is 0 Å². The molecule has 0 aliphatic heterocycles. The number of anilines is 2. The van der Waals surface area contributed by atoms with Gasteiger partial charge in [0.15, 0.2) is 0 Å². The minimum Gasteiger partial charge on any atom is -0.351 e. The highest BCUT2D eigenvalue weighted by Gasteiger charge is 2.15. The second-order valence-corrected chi connectivity index (χ2v) is 5.89. The van der Waals surface area contributed by atoms with Gasteiger partial charge in [-0.2, -0.15) is 5.26 Å². The van der Waals surface area contributed by atoms with Crippen LogP contribution >= 0.6 is 0 Å². The van der Waals surface area contributed by atoms with Gasteiger partial charge in [-0.3, -0.25) is 4.79 Å². The quantitative estimate of drug-likeness (QED) is 0.901. The average Bonchev–Trinajstić information content (AvgIpc) is 2.63. The van der Waals surface area contributed by atoms with Crippen molar-refractivity contribution in [2.24, 2.45) is 0 Å². The molecule has 1 amide bonds. The fraction of sp³-hybridized carbons (Fsp3) is 0.333. The predicted octanol–water partition coefficient (Wildman–Crippen LogP) is 3.35. The van der Waals surface area contributed by atoms with Gasteiger partial charge in [0.25, 0.3) is 5.91 Å². The Morgan fingerprint density at radius 2 is 1.88 bits per heavy atom. The zero-order chi connectivity index (χ0) is 16.8. The van der Waals surface area contributed by atoms with Crippen LogP contribution in [0.15, 0.2) is 36.5 Å². The minimum absolute atomic E-state index is 0.297. The average molecular weight is 321 g/mol. The number of amides is 1. The van der Waals surface area contributed by atoms with E-state index in [0.29, 0.717) is 28.9 Å². The van der Waals surface area contributed by atoms with Crippen LogP contribution in [0.25, 0.3) is 0 Å². The van der Waals surface area contributed by atoms with E-state index in [1.54, 1.807) is 36.5 Å². The summed E-state index contributed by atoms with van der Waals surface area (Å²) in [4.78, 5) is 20.8. The van der Waals surface area contributed by atoms with Gasteiger partial charge in [-0.25, -0.2) is 9.97 Å². The summed E-state index contributed by atoms with van der Waals surface area (Å²) in [6.07, 6.45) is 7.54. The molecule has 2 aromatic rings.